The molecular formula is C14H21N3O2. The minimum absolute atomic E-state index is 0.0343. The average molecular weight is 263 g/mol. The minimum Gasteiger partial charge on any atom is -0.394 e. The first-order chi connectivity index (χ1) is 9.20. The standard InChI is InChI=1S/C14H21N3O2/c15-14(16)13(11-4-2-1-3-5-11)9-17-6-7-19-12(8-17)10-18/h1-5,12-13,18H,6-10H2,(H3,15,16). The number of amidine groups is 1. The average Bonchev–Trinajstić information content (AvgIpc) is 2.45. The second kappa shape index (κ2) is 6.65. The fraction of sp³-hybridized carbons (Fsp3) is 0.500. The summed E-state index contributed by atoms with van der Waals surface area (Å²) in [5, 5.41) is 16.9. The number of hydrogen-bond donors (Lipinski definition) is 3. The maximum Gasteiger partial charge on any atom is 0.0995 e. The molecule has 0 aliphatic carbocycles. The van der Waals surface area contributed by atoms with Crippen molar-refractivity contribution in [1.29, 1.82) is 5.41 Å². The molecule has 0 spiro atoms. The largest absolute Gasteiger partial charge is 0.394 e. The lowest BCUT2D eigenvalue weighted by Gasteiger charge is -2.34. The lowest BCUT2D eigenvalue weighted by Crippen LogP contribution is -2.46. The highest BCUT2D eigenvalue weighted by Gasteiger charge is 2.24. The summed E-state index contributed by atoms with van der Waals surface area (Å²) in [6.45, 7) is 2.84. The van der Waals surface area contributed by atoms with Crippen LogP contribution in [0.15, 0.2) is 30.3 Å². The first kappa shape index (κ1) is 14.0. The molecule has 1 fully saturated rings. The fourth-order valence-corrected chi connectivity index (χ4v) is 2.38. The first-order valence-electron chi connectivity index (χ1n) is 6.54. The van der Waals surface area contributed by atoms with Crippen molar-refractivity contribution in [3.05, 3.63) is 35.9 Å². The number of aliphatic hydroxyl groups is 1. The molecule has 2 rings (SSSR count). The van der Waals surface area contributed by atoms with Crippen LogP contribution in [0.4, 0.5) is 0 Å². The van der Waals surface area contributed by atoms with Crippen molar-refractivity contribution in [2.75, 3.05) is 32.8 Å². The Kier molecular flexibility index (Phi) is 4.90. The lowest BCUT2D eigenvalue weighted by atomic mass is 9.97. The summed E-state index contributed by atoms with van der Waals surface area (Å²) in [5.74, 6) is 0.0804. The molecule has 19 heavy (non-hydrogen) atoms. The summed E-state index contributed by atoms with van der Waals surface area (Å²) in [4.78, 5) is 2.20. The SMILES string of the molecule is N=C(N)C(CN1CCOC(CO)C1)c1ccccc1. The van der Waals surface area contributed by atoms with Gasteiger partial charge in [0.2, 0.25) is 0 Å². The highest BCUT2D eigenvalue weighted by atomic mass is 16.5. The molecule has 0 amide bonds. The van der Waals surface area contributed by atoms with Crippen molar-refractivity contribution in [1.82, 2.24) is 4.90 Å². The molecule has 1 aromatic carbocycles. The first-order valence-corrected chi connectivity index (χ1v) is 6.54. The number of aliphatic hydroxyl groups excluding tert-OH is 1. The van der Waals surface area contributed by atoms with Crippen molar-refractivity contribution in [3.8, 4) is 0 Å². The highest BCUT2D eigenvalue weighted by Crippen LogP contribution is 2.18. The lowest BCUT2D eigenvalue weighted by molar-refractivity contribution is -0.0528. The Morgan fingerprint density at radius 2 is 2.21 bits per heavy atom. The van der Waals surface area contributed by atoms with Gasteiger partial charge in [0, 0.05) is 19.6 Å². The molecule has 0 bridgehead atoms. The van der Waals surface area contributed by atoms with Crippen molar-refractivity contribution in [2.45, 2.75) is 12.0 Å². The molecule has 2 unspecified atom stereocenters. The number of morpholine rings is 1. The van der Waals surface area contributed by atoms with E-state index in [-0.39, 0.29) is 24.5 Å². The van der Waals surface area contributed by atoms with Gasteiger partial charge in [-0.15, -0.1) is 0 Å². The van der Waals surface area contributed by atoms with Crippen LogP contribution in [-0.2, 0) is 4.74 Å². The maximum atomic E-state index is 9.15. The van der Waals surface area contributed by atoms with Crippen molar-refractivity contribution in [2.24, 2.45) is 5.73 Å². The van der Waals surface area contributed by atoms with Crippen LogP contribution < -0.4 is 5.73 Å². The zero-order valence-electron chi connectivity index (χ0n) is 11.0. The van der Waals surface area contributed by atoms with E-state index in [1.54, 1.807) is 0 Å². The Hall–Kier alpha value is -1.43. The summed E-state index contributed by atoms with van der Waals surface area (Å²) in [6, 6.07) is 9.87. The van der Waals surface area contributed by atoms with E-state index < -0.39 is 0 Å². The van der Waals surface area contributed by atoms with E-state index in [0.29, 0.717) is 19.7 Å². The quantitative estimate of drug-likeness (QED) is 0.530. The van der Waals surface area contributed by atoms with E-state index >= 15 is 0 Å². The molecule has 1 aliphatic rings. The van der Waals surface area contributed by atoms with Gasteiger partial charge in [-0.2, -0.15) is 0 Å². The molecule has 1 heterocycles. The van der Waals surface area contributed by atoms with Gasteiger partial charge in [-0.25, -0.2) is 0 Å². The number of benzene rings is 1. The van der Waals surface area contributed by atoms with Crippen LogP contribution in [0, 0.1) is 5.41 Å². The number of nitrogens with one attached hydrogen (secondary N) is 1. The van der Waals surface area contributed by atoms with Gasteiger partial charge in [-0.1, -0.05) is 30.3 Å². The molecule has 5 heteroatoms. The van der Waals surface area contributed by atoms with Crippen LogP contribution in [0.25, 0.3) is 0 Å². The Balaban J connectivity index is 2.03. The van der Waals surface area contributed by atoms with Crippen LogP contribution in [0.5, 0.6) is 0 Å². The number of rotatable bonds is 5. The van der Waals surface area contributed by atoms with E-state index in [1.807, 2.05) is 30.3 Å². The third-order valence-electron chi connectivity index (χ3n) is 3.44. The second-order valence-corrected chi connectivity index (χ2v) is 4.85. The Bertz CT molecular complexity index is 410. The van der Waals surface area contributed by atoms with Crippen LogP contribution in [-0.4, -0.2) is 54.8 Å². The van der Waals surface area contributed by atoms with Gasteiger partial charge in [0.05, 0.1) is 31.1 Å². The Morgan fingerprint density at radius 1 is 1.47 bits per heavy atom. The van der Waals surface area contributed by atoms with Crippen LogP contribution in [0.1, 0.15) is 11.5 Å². The summed E-state index contributed by atoms with van der Waals surface area (Å²) >= 11 is 0. The number of hydrogen-bond acceptors (Lipinski definition) is 4. The van der Waals surface area contributed by atoms with Crippen molar-refractivity contribution in [3.63, 3.8) is 0 Å². The molecule has 5 nitrogen and oxygen atoms in total. The van der Waals surface area contributed by atoms with E-state index in [0.717, 1.165) is 12.1 Å². The van der Waals surface area contributed by atoms with Crippen molar-refractivity contribution >= 4 is 5.84 Å². The van der Waals surface area contributed by atoms with E-state index in [2.05, 4.69) is 4.90 Å². The van der Waals surface area contributed by atoms with Gasteiger partial charge in [0.25, 0.3) is 0 Å². The van der Waals surface area contributed by atoms with E-state index in [4.69, 9.17) is 21.0 Å². The molecule has 0 aromatic heterocycles. The van der Waals surface area contributed by atoms with Crippen LogP contribution >= 0.6 is 0 Å². The van der Waals surface area contributed by atoms with Gasteiger partial charge in [0.15, 0.2) is 0 Å². The summed E-state index contributed by atoms with van der Waals surface area (Å²) in [6.07, 6.45) is -0.128. The molecule has 0 saturated carbocycles. The van der Waals surface area contributed by atoms with E-state index in [1.165, 1.54) is 0 Å². The zero-order valence-corrected chi connectivity index (χ0v) is 11.0. The Labute approximate surface area is 113 Å². The number of nitrogens with two attached hydrogens (primary N) is 1. The number of nitrogens with zero attached hydrogens (tertiary/aromatic N) is 1. The Morgan fingerprint density at radius 3 is 2.84 bits per heavy atom. The molecule has 104 valence electrons. The smallest absolute Gasteiger partial charge is 0.0995 e. The maximum absolute atomic E-state index is 9.15. The summed E-state index contributed by atoms with van der Waals surface area (Å²) < 4.78 is 5.43. The molecule has 1 aliphatic heterocycles. The summed E-state index contributed by atoms with van der Waals surface area (Å²) in [5.41, 5.74) is 6.79. The highest BCUT2D eigenvalue weighted by molar-refractivity contribution is 5.84. The van der Waals surface area contributed by atoms with Crippen LogP contribution in [0.2, 0.25) is 0 Å². The van der Waals surface area contributed by atoms with Crippen LogP contribution in [0.3, 0.4) is 0 Å². The van der Waals surface area contributed by atoms with E-state index in [9.17, 15) is 0 Å². The fourth-order valence-electron chi connectivity index (χ4n) is 2.38. The third-order valence-corrected chi connectivity index (χ3v) is 3.44. The van der Waals surface area contributed by atoms with Gasteiger partial charge in [0.1, 0.15) is 0 Å². The normalized spacial score (nSPS) is 22.1. The van der Waals surface area contributed by atoms with Gasteiger partial charge in [-0.3, -0.25) is 10.3 Å². The van der Waals surface area contributed by atoms with Gasteiger partial charge in [-0.05, 0) is 5.56 Å². The topological polar surface area (TPSA) is 82.6 Å². The monoisotopic (exact) mass is 263 g/mol. The predicted molar refractivity (Wildman–Crippen MR) is 74.4 cm³/mol. The number of ether oxygens (including phenoxy) is 1. The molecule has 4 N–H and O–H groups in total. The zero-order chi connectivity index (χ0) is 13.7. The van der Waals surface area contributed by atoms with Gasteiger partial charge >= 0.3 is 0 Å². The second-order valence-electron chi connectivity index (χ2n) is 4.85. The molecule has 0 radical (unpaired) electrons. The van der Waals surface area contributed by atoms with Crippen molar-refractivity contribution < 1.29 is 9.84 Å². The minimum atomic E-state index is -0.128. The molecule has 1 saturated heterocycles. The molecular weight excluding hydrogens is 242 g/mol. The predicted octanol–water partition coefficient (Wildman–Crippen LogP) is 0.399. The molecule has 1 aromatic rings. The van der Waals surface area contributed by atoms with Gasteiger partial charge < -0.3 is 15.6 Å². The third kappa shape index (κ3) is 3.76. The molecule has 2 atom stereocenters. The summed E-state index contributed by atoms with van der Waals surface area (Å²) in [7, 11) is 0.